The van der Waals surface area contributed by atoms with E-state index in [0.29, 0.717) is 29.5 Å². The largest absolute Gasteiger partial charge is 0.394 e. The number of likely N-dealkylation sites (tertiary alicyclic amines) is 1. The van der Waals surface area contributed by atoms with Crippen LogP contribution in [0.2, 0.25) is 10.2 Å². The van der Waals surface area contributed by atoms with Crippen molar-refractivity contribution in [3.05, 3.63) is 129 Å². The maximum atomic E-state index is 16.9. The van der Waals surface area contributed by atoms with Gasteiger partial charge in [0.05, 0.1) is 61.9 Å². The molecular weight excluding hydrogens is 780 g/mol. The fourth-order valence-electron chi connectivity index (χ4n) is 10.0. The second-order valence-corrected chi connectivity index (χ2v) is 16.6. The number of hydrogen-bond acceptors (Lipinski definition) is 8. The Hall–Kier alpha value is -3.75. The van der Waals surface area contributed by atoms with Crippen molar-refractivity contribution in [2.24, 2.45) is 5.41 Å². The van der Waals surface area contributed by atoms with Gasteiger partial charge in [-0.3, -0.25) is 18.5 Å². The molecule has 1 spiro atoms. The molecule has 7 atom stereocenters. The Balaban J connectivity index is 1.56. The van der Waals surface area contributed by atoms with E-state index in [1.807, 2.05) is 48.2 Å². The molecule has 3 fully saturated rings. The summed E-state index contributed by atoms with van der Waals surface area (Å²) in [6.07, 6.45) is -1.00. The summed E-state index contributed by atoms with van der Waals surface area (Å²) in [6, 6.07) is 22.9. The molecule has 3 aromatic carbocycles. The summed E-state index contributed by atoms with van der Waals surface area (Å²) in [5, 5.41) is 38.6. The molecule has 57 heavy (non-hydrogen) atoms. The van der Waals surface area contributed by atoms with E-state index < -0.39 is 78.3 Å². The number of nitrogens with one attached hydrogen (secondary N) is 2. The van der Waals surface area contributed by atoms with E-state index in [4.69, 9.17) is 27.9 Å². The molecule has 1 aromatic heterocycles. The number of alkyl halides is 2. The van der Waals surface area contributed by atoms with Crippen LogP contribution in [0.15, 0.2) is 91.0 Å². The quantitative estimate of drug-likeness (QED) is 0.0708. The Morgan fingerprint density at radius 1 is 0.947 bits per heavy atom. The van der Waals surface area contributed by atoms with Gasteiger partial charge in [0.2, 0.25) is 5.91 Å². The van der Waals surface area contributed by atoms with Gasteiger partial charge in [0, 0.05) is 27.9 Å². The first-order valence-electron chi connectivity index (χ1n) is 19.1. The summed E-state index contributed by atoms with van der Waals surface area (Å²) in [6.45, 7) is -0.818. The fraction of sp³-hybridized carbons (Fsp3) is 0.442. The number of carbonyl (C=O) groups is 1. The number of amides is 1. The third-order valence-electron chi connectivity index (χ3n) is 12.7. The van der Waals surface area contributed by atoms with Crippen molar-refractivity contribution in [3.63, 3.8) is 0 Å². The van der Waals surface area contributed by atoms with Crippen LogP contribution in [0.5, 0.6) is 0 Å². The lowest BCUT2D eigenvalue weighted by Gasteiger charge is -2.64. The van der Waals surface area contributed by atoms with Crippen LogP contribution in [-0.4, -0.2) is 88.1 Å². The molecule has 1 aliphatic carbocycles. The average Bonchev–Trinajstić information content (AvgIpc) is 3.44. The first-order valence-corrected chi connectivity index (χ1v) is 19.9. The van der Waals surface area contributed by atoms with E-state index >= 15 is 18.0 Å². The molecule has 7 rings (SSSR count). The molecule has 1 saturated carbocycles. The minimum atomic E-state index is -1.47. The molecule has 4 aromatic rings. The van der Waals surface area contributed by atoms with Crippen molar-refractivity contribution in [1.29, 1.82) is 0 Å². The molecule has 3 aliphatic rings. The van der Waals surface area contributed by atoms with Crippen LogP contribution in [0.25, 0.3) is 0 Å². The number of aliphatic hydroxyl groups excluding tert-OH is 3. The Labute approximate surface area is 340 Å². The molecule has 2 saturated heterocycles. The number of aliphatic hydroxyl groups is 3. The van der Waals surface area contributed by atoms with Gasteiger partial charge in [0.25, 0.3) is 0 Å². The van der Waals surface area contributed by atoms with E-state index in [0.717, 1.165) is 0 Å². The monoisotopic (exact) mass is 826 g/mol. The predicted molar refractivity (Wildman–Crippen MR) is 212 cm³/mol. The highest BCUT2D eigenvalue weighted by Crippen LogP contribution is 2.72. The molecule has 5 N–H and O–H groups in total. The second-order valence-electron chi connectivity index (χ2n) is 15.8. The maximum Gasteiger partial charge on any atom is 0.238 e. The molecule has 0 bridgehead atoms. The number of anilines is 1. The van der Waals surface area contributed by atoms with Crippen LogP contribution < -0.4 is 10.6 Å². The zero-order chi connectivity index (χ0) is 40.5. The highest BCUT2D eigenvalue weighted by Gasteiger charge is 2.77. The highest BCUT2D eigenvalue weighted by atomic mass is 35.5. The number of halogens is 5. The number of benzene rings is 3. The normalized spacial score (nSPS) is 26.4. The van der Waals surface area contributed by atoms with Crippen molar-refractivity contribution >= 4 is 34.9 Å². The van der Waals surface area contributed by atoms with E-state index in [1.54, 1.807) is 48.5 Å². The molecule has 14 heteroatoms. The van der Waals surface area contributed by atoms with Gasteiger partial charge in [-0.05, 0) is 54.5 Å². The summed E-state index contributed by atoms with van der Waals surface area (Å²) >= 11 is 13.0. The van der Waals surface area contributed by atoms with Crippen molar-refractivity contribution in [3.8, 4) is 0 Å². The number of rotatable bonds is 13. The smallest absolute Gasteiger partial charge is 0.238 e. The number of ether oxygens (including phenoxy) is 1. The molecular formula is C43H47Cl2F3N4O5. The number of hydrogen-bond donors (Lipinski definition) is 5. The van der Waals surface area contributed by atoms with Gasteiger partial charge in [0.1, 0.15) is 23.5 Å². The SMILES string of the molecule is CC1(c2ccc(Cl)nc2NCO)[C@@H](c2cccc(Cl)c2F)[C@H](C(=O)N[C@@H]2CC[C@@H](CO)OC2)N([C@H](c2ccccc2)[C@@H](O)c2ccccc2)C12CC(CF)(CF)C2. The lowest BCUT2D eigenvalue weighted by Crippen LogP contribution is -2.70. The average molecular weight is 828 g/mol. The van der Waals surface area contributed by atoms with Gasteiger partial charge in [0.15, 0.2) is 0 Å². The molecule has 9 nitrogen and oxygen atoms in total. The first-order chi connectivity index (χ1) is 27.5. The van der Waals surface area contributed by atoms with Crippen LogP contribution >= 0.6 is 23.2 Å². The minimum Gasteiger partial charge on any atom is -0.394 e. The Morgan fingerprint density at radius 3 is 2.21 bits per heavy atom. The van der Waals surface area contributed by atoms with Gasteiger partial charge >= 0.3 is 0 Å². The van der Waals surface area contributed by atoms with E-state index in [9.17, 15) is 15.3 Å². The van der Waals surface area contributed by atoms with Gasteiger partial charge in [-0.15, -0.1) is 0 Å². The van der Waals surface area contributed by atoms with Crippen LogP contribution in [-0.2, 0) is 14.9 Å². The number of carbonyl (C=O) groups excluding carboxylic acids is 1. The minimum absolute atomic E-state index is 0.0659. The zero-order valence-electron chi connectivity index (χ0n) is 31.4. The van der Waals surface area contributed by atoms with Gasteiger partial charge in [-0.25, -0.2) is 9.37 Å². The highest BCUT2D eigenvalue weighted by molar-refractivity contribution is 6.30. The maximum absolute atomic E-state index is 16.9. The summed E-state index contributed by atoms with van der Waals surface area (Å²) < 4.78 is 53.4. The first kappa shape index (κ1) is 41.4. The molecule has 304 valence electrons. The van der Waals surface area contributed by atoms with E-state index in [-0.39, 0.29) is 53.7 Å². The molecule has 3 heterocycles. The summed E-state index contributed by atoms with van der Waals surface area (Å²) in [5.41, 5.74) is -2.72. The van der Waals surface area contributed by atoms with E-state index in [1.165, 1.54) is 6.07 Å². The molecule has 1 amide bonds. The van der Waals surface area contributed by atoms with Crippen LogP contribution in [0.1, 0.15) is 72.9 Å². The third-order valence-corrected chi connectivity index (χ3v) is 13.2. The lowest BCUT2D eigenvalue weighted by atomic mass is 9.46. The number of pyridine rings is 1. The van der Waals surface area contributed by atoms with Gasteiger partial charge in [-0.1, -0.05) is 109 Å². The Kier molecular flexibility index (Phi) is 12.2. The van der Waals surface area contributed by atoms with Gasteiger partial charge in [-0.2, -0.15) is 0 Å². The Morgan fingerprint density at radius 2 is 1.61 bits per heavy atom. The number of aromatic nitrogens is 1. The molecule has 2 aliphatic heterocycles. The fourth-order valence-corrected chi connectivity index (χ4v) is 10.4. The van der Waals surface area contributed by atoms with Crippen molar-refractivity contribution in [2.45, 2.75) is 79.8 Å². The van der Waals surface area contributed by atoms with Crippen LogP contribution in [0.3, 0.4) is 0 Å². The third kappa shape index (κ3) is 7.21. The van der Waals surface area contributed by atoms with Crippen molar-refractivity contribution < 1.29 is 38.0 Å². The van der Waals surface area contributed by atoms with Crippen LogP contribution in [0, 0.1) is 11.2 Å². The van der Waals surface area contributed by atoms with Crippen LogP contribution in [0.4, 0.5) is 19.0 Å². The van der Waals surface area contributed by atoms with Crippen molar-refractivity contribution in [2.75, 3.05) is 38.6 Å². The molecule has 0 radical (unpaired) electrons. The van der Waals surface area contributed by atoms with Gasteiger partial charge < -0.3 is 30.7 Å². The van der Waals surface area contributed by atoms with E-state index in [2.05, 4.69) is 15.6 Å². The summed E-state index contributed by atoms with van der Waals surface area (Å²) in [4.78, 5) is 21.9. The molecule has 1 unspecified atom stereocenters. The topological polar surface area (TPSA) is 127 Å². The summed E-state index contributed by atoms with van der Waals surface area (Å²) in [5.74, 6) is -2.33. The number of nitrogens with zero attached hydrogens (tertiary/aromatic N) is 2. The lowest BCUT2D eigenvalue weighted by molar-refractivity contribution is -0.160. The zero-order valence-corrected chi connectivity index (χ0v) is 32.9. The predicted octanol–water partition coefficient (Wildman–Crippen LogP) is 7.20. The standard InChI is InChI=1S/C43H47Cl2F3N4O5/c1-41(31-17-18-33(45)51-39(31)49-25-54)34(30-13-8-14-32(44)35(30)48)37(40(56)50-28-15-16-29(19-53)57-20-28)52(43(41)21-42(22-43,23-46)24-47)36(26-9-4-2-5-10-26)38(55)27-11-6-3-7-12-27/h2-14,17-18,28-29,34,36-38,53-55H,15-16,19-25H2,1H3,(H,49,51)(H,50,56)/t28-,29+,34+,36-,37-,38+,41?/m1/s1. The van der Waals surface area contributed by atoms with Crippen molar-refractivity contribution in [1.82, 2.24) is 15.2 Å². The Bertz CT molecular complexity index is 2020. The summed E-state index contributed by atoms with van der Waals surface area (Å²) in [7, 11) is 0. The second kappa shape index (κ2) is 16.8.